The standard InChI is InChI=1S/C18H18N4O3/c1-24-9-10-25-16-4-2-3-14(11-16)18(23)21-15-7-5-13(6-8-15)17-19-12-20-22-17/h2-8,11-12H,9-10H2,1H3,(H,21,23)(H,19,20,22). The summed E-state index contributed by atoms with van der Waals surface area (Å²) in [7, 11) is 1.61. The Morgan fingerprint density at radius 1 is 1.16 bits per heavy atom. The van der Waals surface area contributed by atoms with Gasteiger partial charge in [-0.3, -0.25) is 9.89 Å². The summed E-state index contributed by atoms with van der Waals surface area (Å²) in [6.07, 6.45) is 1.45. The Hall–Kier alpha value is -3.19. The van der Waals surface area contributed by atoms with E-state index >= 15 is 0 Å². The molecule has 0 unspecified atom stereocenters. The maximum Gasteiger partial charge on any atom is 0.255 e. The summed E-state index contributed by atoms with van der Waals surface area (Å²) in [5, 5.41) is 9.47. The highest BCUT2D eigenvalue weighted by molar-refractivity contribution is 6.04. The highest BCUT2D eigenvalue weighted by Crippen LogP contribution is 2.19. The Bertz CT molecular complexity index is 817. The number of aromatic amines is 1. The van der Waals surface area contributed by atoms with Gasteiger partial charge < -0.3 is 14.8 Å². The summed E-state index contributed by atoms with van der Waals surface area (Å²) >= 11 is 0. The first kappa shape index (κ1) is 16.7. The molecule has 1 amide bonds. The van der Waals surface area contributed by atoms with Crippen LogP contribution >= 0.6 is 0 Å². The van der Waals surface area contributed by atoms with Gasteiger partial charge in [0.2, 0.25) is 0 Å². The number of anilines is 1. The summed E-state index contributed by atoms with van der Waals surface area (Å²) in [5.41, 5.74) is 2.11. The predicted octanol–water partition coefficient (Wildman–Crippen LogP) is 2.75. The van der Waals surface area contributed by atoms with Gasteiger partial charge in [-0.2, -0.15) is 5.10 Å². The summed E-state index contributed by atoms with van der Waals surface area (Å²) in [6, 6.07) is 14.4. The number of carbonyl (C=O) groups excluding carboxylic acids is 1. The molecule has 1 heterocycles. The van der Waals surface area contributed by atoms with Gasteiger partial charge in [0.1, 0.15) is 18.7 Å². The van der Waals surface area contributed by atoms with Crippen molar-refractivity contribution in [3.63, 3.8) is 0 Å². The quantitative estimate of drug-likeness (QED) is 0.647. The molecular weight excluding hydrogens is 320 g/mol. The van der Waals surface area contributed by atoms with Crippen LogP contribution in [0.15, 0.2) is 54.9 Å². The van der Waals surface area contributed by atoms with Crippen LogP contribution in [0.5, 0.6) is 5.75 Å². The van der Waals surface area contributed by atoms with Crippen molar-refractivity contribution in [2.75, 3.05) is 25.6 Å². The summed E-state index contributed by atoms with van der Waals surface area (Å²) < 4.78 is 10.5. The molecule has 0 aliphatic carbocycles. The van der Waals surface area contributed by atoms with Crippen molar-refractivity contribution >= 4 is 11.6 Å². The fourth-order valence-electron chi connectivity index (χ4n) is 2.23. The van der Waals surface area contributed by atoms with Crippen LogP contribution in [0, 0.1) is 0 Å². The number of nitrogens with one attached hydrogen (secondary N) is 2. The smallest absolute Gasteiger partial charge is 0.255 e. The lowest BCUT2D eigenvalue weighted by Gasteiger charge is -2.09. The number of hydrogen-bond donors (Lipinski definition) is 2. The summed E-state index contributed by atoms with van der Waals surface area (Å²) in [5.74, 6) is 1.11. The van der Waals surface area contributed by atoms with Crippen molar-refractivity contribution in [3.8, 4) is 17.1 Å². The molecule has 2 N–H and O–H groups in total. The molecule has 7 heteroatoms. The Morgan fingerprint density at radius 3 is 2.72 bits per heavy atom. The number of amides is 1. The monoisotopic (exact) mass is 338 g/mol. The predicted molar refractivity (Wildman–Crippen MR) is 93.6 cm³/mol. The molecule has 0 atom stereocenters. The van der Waals surface area contributed by atoms with Gasteiger partial charge in [-0.15, -0.1) is 0 Å². The van der Waals surface area contributed by atoms with Gasteiger partial charge in [0.25, 0.3) is 5.91 Å². The van der Waals surface area contributed by atoms with Gasteiger partial charge in [0, 0.05) is 23.9 Å². The molecule has 1 aromatic heterocycles. The fourth-order valence-corrected chi connectivity index (χ4v) is 2.23. The molecule has 0 bridgehead atoms. The molecule has 0 radical (unpaired) electrons. The molecule has 25 heavy (non-hydrogen) atoms. The maximum absolute atomic E-state index is 12.4. The van der Waals surface area contributed by atoms with Crippen LogP contribution < -0.4 is 10.1 Å². The van der Waals surface area contributed by atoms with E-state index in [-0.39, 0.29) is 5.91 Å². The SMILES string of the molecule is COCCOc1cccc(C(=O)Nc2ccc(-c3ncn[nH]3)cc2)c1. The first-order valence-corrected chi connectivity index (χ1v) is 7.75. The first-order valence-electron chi connectivity index (χ1n) is 7.75. The number of benzene rings is 2. The molecule has 2 aromatic carbocycles. The van der Waals surface area contributed by atoms with Crippen molar-refractivity contribution in [3.05, 3.63) is 60.4 Å². The van der Waals surface area contributed by atoms with Gasteiger partial charge in [0.15, 0.2) is 5.82 Å². The molecule has 0 saturated carbocycles. The number of aromatic nitrogens is 3. The second-order valence-electron chi connectivity index (χ2n) is 5.23. The van der Waals surface area contributed by atoms with Crippen LogP contribution in [0.4, 0.5) is 5.69 Å². The number of H-pyrrole nitrogens is 1. The summed E-state index contributed by atoms with van der Waals surface area (Å²) in [6.45, 7) is 0.929. The number of ether oxygens (including phenoxy) is 2. The van der Waals surface area contributed by atoms with Crippen molar-refractivity contribution in [1.82, 2.24) is 15.2 Å². The fraction of sp³-hybridized carbons (Fsp3) is 0.167. The van der Waals surface area contributed by atoms with Gasteiger partial charge in [-0.05, 0) is 42.5 Å². The summed E-state index contributed by atoms with van der Waals surface area (Å²) in [4.78, 5) is 16.5. The molecule has 0 spiro atoms. The zero-order valence-corrected chi connectivity index (χ0v) is 13.7. The second kappa shape index (κ2) is 8.07. The van der Waals surface area contributed by atoms with Crippen LogP contribution in [0.3, 0.4) is 0 Å². The largest absolute Gasteiger partial charge is 0.491 e. The third-order valence-electron chi connectivity index (χ3n) is 3.48. The first-order chi connectivity index (χ1) is 12.3. The lowest BCUT2D eigenvalue weighted by atomic mass is 10.1. The van der Waals surface area contributed by atoms with E-state index in [1.807, 2.05) is 24.3 Å². The van der Waals surface area contributed by atoms with Crippen molar-refractivity contribution in [1.29, 1.82) is 0 Å². The van der Waals surface area contributed by atoms with Crippen molar-refractivity contribution in [2.24, 2.45) is 0 Å². The Balaban J connectivity index is 1.64. The van der Waals surface area contributed by atoms with Crippen molar-refractivity contribution in [2.45, 2.75) is 0 Å². The average Bonchev–Trinajstić information content (AvgIpc) is 3.17. The molecular formula is C18H18N4O3. The van der Waals surface area contributed by atoms with Gasteiger partial charge in [-0.1, -0.05) is 6.07 Å². The van der Waals surface area contributed by atoms with Gasteiger partial charge in [0.05, 0.1) is 6.61 Å². The number of methoxy groups -OCH3 is 1. The highest BCUT2D eigenvalue weighted by Gasteiger charge is 2.08. The van der Waals surface area contributed by atoms with Gasteiger partial charge in [-0.25, -0.2) is 4.98 Å². The lowest BCUT2D eigenvalue weighted by Crippen LogP contribution is -2.12. The van der Waals surface area contributed by atoms with E-state index in [4.69, 9.17) is 9.47 Å². The van der Waals surface area contributed by atoms with E-state index in [1.54, 1.807) is 31.4 Å². The average molecular weight is 338 g/mol. The van der Waals surface area contributed by atoms with E-state index in [0.717, 1.165) is 5.56 Å². The minimum absolute atomic E-state index is 0.204. The molecule has 3 aromatic rings. The van der Waals surface area contributed by atoms with Crippen LogP contribution in [0.1, 0.15) is 10.4 Å². The lowest BCUT2D eigenvalue weighted by molar-refractivity contribution is 0.102. The van der Waals surface area contributed by atoms with E-state index in [2.05, 4.69) is 20.5 Å². The molecule has 0 saturated heterocycles. The number of hydrogen-bond acceptors (Lipinski definition) is 5. The van der Waals surface area contributed by atoms with E-state index in [0.29, 0.717) is 36.0 Å². The van der Waals surface area contributed by atoms with E-state index in [9.17, 15) is 4.79 Å². The van der Waals surface area contributed by atoms with E-state index in [1.165, 1.54) is 6.33 Å². The Morgan fingerprint density at radius 2 is 2.00 bits per heavy atom. The number of nitrogens with zero attached hydrogens (tertiary/aromatic N) is 2. The molecule has 7 nitrogen and oxygen atoms in total. The normalized spacial score (nSPS) is 10.4. The van der Waals surface area contributed by atoms with Crippen LogP contribution in [-0.4, -0.2) is 41.4 Å². The minimum Gasteiger partial charge on any atom is -0.491 e. The molecule has 0 fully saturated rings. The zero-order valence-electron chi connectivity index (χ0n) is 13.7. The van der Waals surface area contributed by atoms with Crippen LogP contribution in [-0.2, 0) is 4.74 Å². The zero-order chi connectivity index (χ0) is 17.5. The molecule has 0 aliphatic rings. The van der Waals surface area contributed by atoms with Crippen LogP contribution in [0.25, 0.3) is 11.4 Å². The molecule has 3 rings (SSSR count). The van der Waals surface area contributed by atoms with Crippen molar-refractivity contribution < 1.29 is 14.3 Å². The molecule has 0 aliphatic heterocycles. The topological polar surface area (TPSA) is 89.1 Å². The van der Waals surface area contributed by atoms with Crippen LogP contribution in [0.2, 0.25) is 0 Å². The maximum atomic E-state index is 12.4. The third kappa shape index (κ3) is 4.42. The van der Waals surface area contributed by atoms with Gasteiger partial charge >= 0.3 is 0 Å². The third-order valence-corrected chi connectivity index (χ3v) is 3.48. The highest BCUT2D eigenvalue weighted by atomic mass is 16.5. The minimum atomic E-state index is -0.204. The number of rotatable bonds is 7. The Kier molecular flexibility index (Phi) is 5.38. The second-order valence-corrected chi connectivity index (χ2v) is 5.23. The Labute approximate surface area is 145 Å². The van der Waals surface area contributed by atoms with E-state index < -0.39 is 0 Å². The molecule has 128 valence electrons. The number of carbonyl (C=O) groups is 1.